The second-order valence-corrected chi connectivity index (χ2v) is 6.92. The third-order valence-corrected chi connectivity index (χ3v) is 5.90. The van der Waals surface area contributed by atoms with Gasteiger partial charge in [-0.2, -0.15) is 11.8 Å². The summed E-state index contributed by atoms with van der Waals surface area (Å²) in [5.74, 6) is 5.43. The maximum Gasteiger partial charge on any atom is 0.137 e. The lowest BCUT2D eigenvalue weighted by atomic mass is 9.88. The molecule has 2 saturated carbocycles. The molecule has 0 aromatic carbocycles. The SMILES string of the molecule is Clc1nc(C2CC3CCC2C3)nc2c1CSC2. The number of fused-ring (bicyclic) bond motifs is 3. The number of thioether (sulfide) groups is 1. The standard InChI is InChI=1S/C13H15ClN2S/c14-12-10-5-17-6-11(10)15-13(16-12)9-4-7-1-2-8(9)3-7/h7-9H,1-6H2. The Morgan fingerprint density at radius 1 is 1.12 bits per heavy atom. The van der Waals surface area contributed by atoms with Gasteiger partial charge in [-0.1, -0.05) is 18.0 Å². The van der Waals surface area contributed by atoms with Crippen LogP contribution in [0.4, 0.5) is 0 Å². The number of hydrogen-bond acceptors (Lipinski definition) is 3. The van der Waals surface area contributed by atoms with Gasteiger partial charge in [0, 0.05) is 23.0 Å². The van der Waals surface area contributed by atoms with Crippen LogP contribution in [0.25, 0.3) is 0 Å². The molecule has 17 heavy (non-hydrogen) atoms. The van der Waals surface area contributed by atoms with E-state index in [-0.39, 0.29) is 0 Å². The summed E-state index contributed by atoms with van der Waals surface area (Å²) in [4.78, 5) is 9.39. The molecule has 3 unspecified atom stereocenters. The highest BCUT2D eigenvalue weighted by Gasteiger charge is 2.42. The summed E-state index contributed by atoms with van der Waals surface area (Å²) in [6.07, 6.45) is 5.50. The van der Waals surface area contributed by atoms with Crippen LogP contribution < -0.4 is 0 Å². The van der Waals surface area contributed by atoms with E-state index in [1.165, 1.54) is 36.9 Å². The Kier molecular flexibility index (Phi) is 2.41. The molecule has 0 N–H and O–H groups in total. The van der Waals surface area contributed by atoms with Crippen molar-refractivity contribution in [2.75, 3.05) is 0 Å². The van der Waals surface area contributed by atoms with Crippen LogP contribution >= 0.6 is 23.4 Å². The molecule has 1 aliphatic heterocycles. The first-order valence-corrected chi connectivity index (χ1v) is 7.97. The maximum atomic E-state index is 6.29. The van der Waals surface area contributed by atoms with Crippen LogP contribution in [-0.4, -0.2) is 9.97 Å². The zero-order valence-electron chi connectivity index (χ0n) is 9.66. The van der Waals surface area contributed by atoms with E-state index < -0.39 is 0 Å². The minimum atomic E-state index is 0.599. The van der Waals surface area contributed by atoms with Crippen LogP contribution in [0.5, 0.6) is 0 Å². The summed E-state index contributed by atoms with van der Waals surface area (Å²) >= 11 is 8.19. The molecule has 1 aromatic rings. The molecule has 4 rings (SSSR count). The van der Waals surface area contributed by atoms with Gasteiger partial charge in [-0.05, 0) is 31.1 Å². The summed E-state index contributed by atoms with van der Waals surface area (Å²) in [5.41, 5.74) is 2.39. The number of nitrogens with zero attached hydrogens (tertiary/aromatic N) is 2. The highest BCUT2D eigenvalue weighted by atomic mass is 35.5. The van der Waals surface area contributed by atoms with Crippen molar-refractivity contribution in [3.8, 4) is 0 Å². The second-order valence-electron chi connectivity index (χ2n) is 5.57. The fourth-order valence-electron chi connectivity index (χ4n) is 3.76. The molecule has 2 nitrogen and oxygen atoms in total. The van der Waals surface area contributed by atoms with Crippen LogP contribution in [0.2, 0.25) is 5.15 Å². The lowest BCUT2D eigenvalue weighted by molar-refractivity contribution is 0.404. The summed E-state index contributed by atoms with van der Waals surface area (Å²) in [7, 11) is 0. The Morgan fingerprint density at radius 3 is 2.82 bits per heavy atom. The topological polar surface area (TPSA) is 25.8 Å². The molecule has 0 saturated heterocycles. The Hall–Kier alpha value is -0.280. The number of hydrogen-bond donors (Lipinski definition) is 0. The Balaban J connectivity index is 1.73. The molecule has 1 aromatic heterocycles. The van der Waals surface area contributed by atoms with Gasteiger partial charge in [0.05, 0.1) is 5.69 Å². The Bertz CT molecular complexity index is 477. The average Bonchev–Trinajstić information content (AvgIpc) is 3.04. The van der Waals surface area contributed by atoms with Gasteiger partial charge in [0.1, 0.15) is 11.0 Å². The van der Waals surface area contributed by atoms with E-state index in [0.717, 1.165) is 34.3 Å². The lowest BCUT2D eigenvalue weighted by Crippen LogP contribution is -2.13. The van der Waals surface area contributed by atoms with Crippen molar-refractivity contribution in [3.63, 3.8) is 0 Å². The highest BCUT2D eigenvalue weighted by Crippen LogP contribution is 2.52. The predicted octanol–water partition coefficient (Wildman–Crippen LogP) is 3.78. The van der Waals surface area contributed by atoms with E-state index in [1.54, 1.807) is 0 Å². The quantitative estimate of drug-likeness (QED) is 0.724. The molecule has 0 radical (unpaired) electrons. The van der Waals surface area contributed by atoms with Crippen molar-refractivity contribution in [1.29, 1.82) is 0 Å². The molecule has 3 atom stereocenters. The molecule has 3 aliphatic rings. The van der Waals surface area contributed by atoms with E-state index in [9.17, 15) is 0 Å². The molecular formula is C13H15ClN2S. The second kappa shape index (κ2) is 3.86. The largest absolute Gasteiger partial charge is 0.236 e. The van der Waals surface area contributed by atoms with Crippen molar-refractivity contribution in [2.24, 2.45) is 11.8 Å². The van der Waals surface area contributed by atoms with E-state index in [4.69, 9.17) is 16.6 Å². The summed E-state index contributed by atoms with van der Waals surface area (Å²) in [5, 5.41) is 0.720. The highest BCUT2D eigenvalue weighted by molar-refractivity contribution is 7.98. The molecule has 2 bridgehead atoms. The first-order chi connectivity index (χ1) is 8.31. The molecule has 0 spiro atoms. The van der Waals surface area contributed by atoms with E-state index in [0.29, 0.717) is 5.92 Å². The van der Waals surface area contributed by atoms with Crippen LogP contribution in [-0.2, 0) is 11.5 Å². The normalized spacial score (nSPS) is 34.3. The zero-order valence-corrected chi connectivity index (χ0v) is 11.2. The molecule has 2 aliphatic carbocycles. The van der Waals surface area contributed by atoms with Crippen LogP contribution in [0.3, 0.4) is 0 Å². The molecule has 2 heterocycles. The fraction of sp³-hybridized carbons (Fsp3) is 0.692. The fourth-order valence-corrected chi connectivity index (χ4v) is 5.14. The number of halogens is 1. The van der Waals surface area contributed by atoms with Gasteiger partial charge in [0.15, 0.2) is 0 Å². The Morgan fingerprint density at radius 2 is 2.06 bits per heavy atom. The van der Waals surface area contributed by atoms with Crippen molar-refractivity contribution in [2.45, 2.75) is 43.1 Å². The van der Waals surface area contributed by atoms with E-state index in [2.05, 4.69) is 4.98 Å². The number of aromatic nitrogens is 2. The summed E-state index contributed by atoms with van der Waals surface area (Å²) < 4.78 is 0. The summed E-state index contributed by atoms with van der Waals surface area (Å²) in [6.45, 7) is 0. The van der Waals surface area contributed by atoms with Gasteiger partial charge in [-0.15, -0.1) is 0 Å². The minimum Gasteiger partial charge on any atom is -0.236 e. The lowest BCUT2D eigenvalue weighted by Gasteiger charge is -2.20. The van der Waals surface area contributed by atoms with Gasteiger partial charge in [0.2, 0.25) is 0 Å². The molecule has 90 valence electrons. The van der Waals surface area contributed by atoms with Crippen LogP contribution in [0, 0.1) is 11.8 Å². The van der Waals surface area contributed by atoms with Crippen molar-refractivity contribution >= 4 is 23.4 Å². The predicted molar refractivity (Wildman–Crippen MR) is 70.2 cm³/mol. The van der Waals surface area contributed by atoms with Crippen molar-refractivity contribution in [3.05, 3.63) is 22.2 Å². The smallest absolute Gasteiger partial charge is 0.137 e. The summed E-state index contributed by atoms with van der Waals surface area (Å²) in [6, 6.07) is 0. The Labute approximate surface area is 111 Å². The van der Waals surface area contributed by atoms with E-state index >= 15 is 0 Å². The van der Waals surface area contributed by atoms with Gasteiger partial charge in [0.25, 0.3) is 0 Å². The van der Waals surface area contributed by atoms with Crippen molar-refractivity contribution in [1.82, 2.24) is 9.97 Å². The monoisotopic (exact) mass is 266 g/mol. The van der Waals surface area contributed by atoms with Crippen LogP contribution in [0.15, 0.2) is 0 Å². The average molecular weight is 267 g/mol. The van der Waals surface area contributed by atoms with Gasteiger partial charge >= 0.3 is 0 Å². The minimum absolute atomic E-state index is 0.599. The maximum absolute atomic E-state index is 6.29. The molecular weight excluding hydrogens is 252 g/mol. The number of rotatable bonds is 1. The molecule has 4 heteroatoms. The zero-order chi connectivity index (χ0) is 11.4. The van der Waals surface area contributed by atoms with Crippen molar-refractivity contribution < 1.29 is 0 Å². The van der Waals surface area contributed by atoms with Gasteiger partial charge in [-0.25, -0.2) is 9.97 Å². The van der Waals surface area contributed by atoms with E-state index in [1.807, 2.05) is 11.8 Å². The third-order valence-electron chi connectivity index (χ3n) is 4.61. The third kappa shape index (κ3) is 1.62. The molecule has 0 amide bonds. The van der Waals surface area contributed by atoms with Gasteiger partial charge < -0.3 is 0 Å². The first kappa shape index (κ1) is 10.6. The first-order valence-electron chi connectivity index (χ1n) is 6.44. The van der Waals surface area contributed by atoms with Gasteiger partial charge in [-0.3, -0.25) is 0 Å². The van der Waals surface area contributed by atoms with Crippen LogP contribution in [0.1, 0.15) is 48.7 Å². The molecule has 2 fully saturated rings.